The molecule has 0 saturated carbocycles. The largest absolute Gasteiger partial charge is 0.533 e. The highest BCUT2D eigenvalue weighted by Crippen LogP contribution is 2.47. The number of imide groups is 1. The molecule has 2 unspecified atom stereocenters. The predicted octanol–water partition coefficient (Wildman–Crippen LogP) is 3.80. The van der Waals surface area contributed by atoms with Crippen LogP contribution in [0, 0.1) is 0 Å². The molecule has 1 aliphatic carbocycles. The molecule has 276 valence electrons. The Morgan fingerprint density at radius 3 is 2.29 bits per heavy atom. The molecule has 3 N–H and O–H groups in total. The zero-order chi connectivity index (χ0) is 36.9. The van der Waals surface area contributed by atoms with Crippen molar-refractivity contribution in [2.24, 2.45) is 0 Å². The van der Waals surface area contributed by atoms with E-state index in [1.165, 1.54) is 0 Å². The Morgan fingerprint density at radius 2 is 1.57 bits per heavy atom. The first-order valence-corrected chi connectivity index (χ1v) is 17.2. The molecule has 1 saturated heterocycles. The van der Waals surface area contributed by atoms with E-state index in [1.807, 2.05) is 26.8 Å². The van der Waals surface area contributed by atoms with Crippen LogP contribution in [0.25, 0.3) is 11.1 Å². The SMILES string of the molecule is CCOC(C)OCCNC(=O)CCCC(=O)Nc1ccc2c(c1)C(COC(=O)ON1C(=O)CCC1=O)c1cccc(C(=O)NCCOC(C)C)c1-2. The number of carbonyl (C=O) groups excluding carboxylic acids is 6. The number of anilines is 1. The van der Waals surface area contributed by atoms with Crippen molar-refractivity contribution in [3.05, 3.63) is 53.1 Å². The lowest BCUT2D eigenvalue weighted by molar-refractivity contribution is -0.177. The quantitative estimate of drug-likeness (QED) is 0.0833. The van der Waals surface area contributed by atoms with Gasteiger partial charge in [0.15, 0.2) is 6.29 Å². The van der Waals surface area contributed by atoms with Gasteiger partial charge in [0.25, 0.3) is 17.7 Å². The number of hydroxylamine groups is 2. The van der Waals surface area contributed by atoms with Crippen LogP contribution in [0.3, 0.4) is 0 Å². The molecule has 0 spiro atoms. The van der Waals surface area contributed by atoms with Gasteiger partial charge in [0, 0.05) is 62.5 Å². The minimum atomic E-state index is -1.23. The number of rotatable bonds is 19. The van der Waals surface area contributed by atoms with Gasteiger partial charge < -0.3 is 34.9 Å². The third kappa shape index (κ3) is 11.1. The summed E-state index contributed by atoms with van der Waals surface area (Å²) in [5.41, 5.74) is 3.59. The molecule has 2 aromatic rings. The monoisotopic (exact) mass is 710 g/mol. The lowest BCUT2D eigenvalue weighted by Gasteiger charge is -2.17. The van der Waals surface area contributed by atoms with Gasteiger partial charge >= 0.3 is 6.16 Å². The van der Waals surface area contributed by atoms with Crippen LogP contribution < -0.4 is 16.0 Å². The van der Waals surface area contributed by atoms with Crippen molar-refractivity contribution in [1.82, 2.24) is 15.7 Å². The lowest BCUT2D eigenvalue weighted by atomic mass is 9.96. The van der Waals surface area contributed by atoms with E-state index in [0.717, 1.165) is 0 Å². The molecule has 2 aromatic carbocycles. The Balaban J connectivity index is 1.43. The lowest BCUT2D eigenvalue weighted by Crippen LogP contribution is -2.32. The van der Waals surface area contributed by atoms with E-state index < -0.39 is 23.9 Å². The van der Waals surface area contributed by atoms with Crippen LogP contribution in [-0.2, 0) is 43.0 Å². The molecule has 5 amide bonds. The van der Waals surface area contributed by atoms with E-state index in [9.17, 15) is 28.8 Å². The van der Waals surface area contributed by atoms with Crippen molar-refractivity contribution in [2.75, 3.05) is 44.8 Å². The molecular formula is C36H46N4O11. The van der Waals surface area contributed by atoms with Crippen LogP contribution in [0.5, 0.6) is 0 Å². The summed E-state index contributed by atoms with van der Waals surface area (Å²) in [7, 11) is 0. The summed E-state index contributed by atoms with van der Waals surface area (Å²) in [6.07, 6.45) is -1.11. The highest BCUT2D eigenvalue weighted by atomic mass is 16.8. The van der Waals surface area contributed by atoms with Gasteiger partial charge in [-0.3, -0.25) is 28.8 Å². The van der Waals surface area contributed by atoms with E-state index in [2.05, 4.69) is 16.0 Å². The van der Waals surface area contributed by atoms with E-state index in [-0.39, 0.29) is 62.4 Å². The summed E-state index contributed by atoms with van der Waals surface area (Å²) in [6.45, 7) is 9.01. The number of fused-ring (bicyclic) bond motifs is 3. The van der Waals surface area contributed by atoms with Crippen molar-refractivity contribution in [2.45, 2.75) is 78.1 Å². The topological polar surface area (TPSA) is 188 Å². The van der Waals surface area contributed by atoms with E-state index in [4.69, 9.17) is 23.8 Å². The second kappa shape index (κ2) is 18.9. The van der Waals surface area contributed by atoms with Crippen molar-refractivity contribution in [3.63, 3.8) is 0 Å². The maximum Gasteiger partial charge on any atom is 0.533 e. The van der Waals surface area contributed by atoms with Gasteiger partial charge in [-0.25, -0.2) is 4.79 Å². The third-order valence-corrected chi connectivity index (χ3v) is 8.06. The van der Waals surface area contributed by atoms with Crippen molar-refractivity contribution in [3.8, 4) is 11.1 Å². The fraction of sp³-hybridized carbons (Fsp3) is 0.500. The zero-order valence-electron chi connectivity index (χ0n) is 29.4. The summed E-state index contributed by atoms with van der Waals surface area (Å²) >= 11 is 0. The molecule has 15 heteroatoms. The molecule has 51 heavy (non-hydrogen) atoms. The number of benzene rings is 2. The fourth-order valence-corrected chi connectivity index (χ4v) is 5.74. The number of nitrogens with zero attached hydrogens (tertiary/aromatic N) is 1. The van der Waals surface area contributed by atoms with Gasteiger partial charge in [-0.15, -0.1) is 0 Å². The van der Waals surface area contributed by atoms with Crippen molar-refractivity contribution < 1.29 is 52.6 Å². The van der Waals surface area contributed by atoms with Crippen molar-refractivity contribution in [1.29, 1.82) is 0 Å². The molecule has 2 atom stereocenters. The maximum absolute atomic E-state index is 13.3. The first-order valence-electron chi connectivity index (χ1n) is 17.2. The number of hydrogen-bond donors (Lipinski definition) is 3. The van der Waals surface area contributed by atoms with Crippen molar-refractivity contribution >= 4 is 41.4 Å². The predicted molar refractivity (Wildman–Crippen MR) is 183 cm³/mol. The van der Waals surface area contributed by atoms with Gasteiger partial charge in [-0.05, 0) is 74.6 Å². The van der Waals surface area contributed by atoms with E-state index in [0.29, 0.717) is 77.9 Å². The molecule has 2 aliphatic rings. The summed E-state index contributed by atoms with van der Waals surface area (Å²) < 4.78 is 21.6. The normalized spacial score (nSPS) is 15.3. The summed E-state index contributed by atoms with van der Waals surface area (Å²) in [6, 6.07) is 10.5. The van der Waals surface area contributed by atoms with Gasteiger partial charge in [-0.1, -0.05) is 23.3 Å². The number of hydrogen-bond acceptors (Lipinski definition) is 11. The van der Waals surface area contributed by atoms with Crippen LogP contribution in [0.1, 0.15) is 87.2 Å². The smallest absolute Gasteiger partial charge is 0.432 e. The van der Waals surface area contributed by atoms with Crippen LogP contribution in [0.2, 0.25) is 0 Å². The highest BCUT2D eigenvalue weighted by molar-refractivity contribution is 6.04. The summed E-state index contributed by atoms with van der Waals surface area (Å²) in [5.74, 6) is -2.66. The standard InChI is InChI=1S/C36H46N4O11/c1-5-47-23(4)49-19-16-37-30(41)10-7-11-31(42)39-24-12-13-26-28(20-24)29(21-50-36(46)51-40-32(43)14-15-33(40)44)25-8-6-9-27(34(25)26)35(45)38-17-18-48-22(2)3/h6,8-9,12-13,20,22-23,29H,5,7,10-11,14-19,21H2,1-4H3,(H,37,41)(H,38,45)(H,39,42). The molecule has 4 rings (SSSR count). The average molecular weight is 711 g/mol. The number of carbonyl (C=O) groups is 6. The van der Waals surface area contributed by atoms with E-state index in [1.54, 1.807) is 37.3 Å². The minimum Gasteiger partial charge on any atom is -0.432 e. The average Bonchev–Trinajstić information content (AvgIpc) is 3.58. The Morgan fingerprint density at radius 1 is 0.863 bits per heavy atom. The number of amides is 5. The molecule has 0 bridgehead atoms. The Bertz CT molecular complexity index is 1580. The molecule has 15 nitrogen and oxygen atoms in total. The third-order valence-electron chi connectivity index (χ3n) is 8.06. The Hall–Kier alpha value is -4.86. The molecule has 1 heterocycles. The zero-order valence-corrected chi connectivity index (χ0v) is 29.4. The van der Waals surface area contributed by atoms with Crippen LogP contribution in [0.4, 0.5) is 10.5 Å². The first kappa shape index (κ1) is 38.9. The van der Waals surface area contributed by atoms with Crippen LogP contribution in [0.15, 0.2) is 36.4 Å². The van der Waals surface area contributed by atoms with Gasteiger partial charge in [-0.2, -0.15) is 0 Å². The molecule has 1 fully saturated rings. The fourth-order valence-electron chi connectivity index (χ4n) is 5.74. The second-order valence-corrected chi connectivity index (χ2v) is 12.2. The van der Waals surface area contributed by atoms with Gasteiger partial charge in [0.2, 0.25) is 11.8 Å². The van der Waals surface area contributed by atoms with Crippen LogP contribution >= 0.6 is 0 Å². The molecule has 0 radical (unpaired) electrons. The second-order valence-electron chi connectivity index (χ2n) is 12.2. The first-order chi connectivity index (χ1) is 24.5. The van der Waals surface area contributed by atoms with Crippen LogP contribution in [-0.4, -0.2) is 92.7 Å². The van der Waals surface area contributed by atoms with Gasteiger partial charge in [0.1, 0.15) is 6.61 Å². The Kier molecular flexibility index (Phi) is 14.5. The maximum atomic E-state index is 13.3. The van der Waals surface area contributed by atoms with E-state index >= 15 is 0 Å². The highest BCUT2D eigenvalue weighted by Gasteiger charge is 2.36. The minimum absolute atomic E-state index is 0.0175. The number of nitrogens with one attached hydrogen (secondary N) is 3. The molecular weight excluding hydrogens is 664 g/mol. The molecule has 1 aliphatic heterocycles. The molecule has 0 aromatic heterocycles. The van der Waals surface area contributed by atoms with Gasteiger partial charge in [0.05, 0.1) is 19.3 Å². The summed E-state index contributed by atoms with van der Waals surface area (Å²) in [4.78, 5) is 79.7. The Labute approximate surface area is 296 Å². The number of ether oxygens (including phenoxy) is 4. The summed E-state index contributed by atoms with van der Waals surface area (Å²) in [5, 5.41) is 8.90.